The van der Waals surface area contributed by atoms with Gasteiger partial charge in [0.1, 0.15) is 0 Å². The van der Waals surface area contributed by atoms with Crippen molar-refractivity contribution < 1.29 is 0 Å². The van der Waals surface area contributed by atoms with Gasteiger partial charge in [-0.05, 0) is 66.5 Å². The molecule has 5 rings (SSSR count). The van der Waals surface area contributed by atoms with Gasteiger partial charge in [-0.25, -0.2) is 4.68 Å². The van der Waals surface area contributed by atoms with E-state index in [0.29, 0.717) is 6.04 Å². The molecule has 0 unspecified atom stereocenters. The van der Waals surface area contributed by atoms with E-state index in [9.17, 15) is 0 Å². The average molecular weight is 384 g/mol. The summed E-state index contributed by atoms with van der Waals surface area (Å²) in [6.45, 7) is 1.84. The van der Waals surface area contributed by atoms with Crippen molar-refractivity contribution in [1.82, 2.24) is 24.2 Å². The molecule has 1 saturated carbocycles. The first kappa shape index (κ1) is 16.4. The van der Waals surface area contributed by atoms with E-state index in [1.54, 1.807) is 22.8 Å². The van der Waals surface area contributed by atoms with Gasteiger partial charge in [0.2, 0.25) is 0 Å². The summed E-state index contributed by atoms with van der Waals surface area (Å²) in [5.74, 6) is 1.69. The molecule has 7 heteroatoms. The molecule has 5 nitrogen and oxygen atoms in total. The van der Waals surface area contributed by atoms with Crippen LogP contribution < -0.4 is 0 Å². The van der Waals surface area contributed by atoms with Crippen molar-refractivity contribution in [1.29, 1.82) is 0 Å². The van der Waals surface area contributed by atoms with E-state index in [1.807, 2.05) is 39.8 Å². The quantitative estimate of drug-likeness (QED) is 0.638. The van der Waals surface area contributed by atoms with E-state index in [1.165, 1.54) is 12.8 Å². The maximum Gasteiger partial charge on any atom is 0.199 e. The Balaban J connectivity index is 1.47. The van der Waals surface area contributed by atoms with Crippen LogP contribution in [0.4, 0.5) is 0 Å². The predicted octanol–water partition coefficient (Wildman–Crippen LogP) is 4.04. The second-order valence-electron chi connectivity index (χ2n) is 7.19. The highest BCUT2D eigenvalue weighted by molar-refractivity contribution is 7.71. The Morgan fingerprint density at radius 3 is 2.81 bits per heavy atom. The molecule has 4 heterocycles. The minimum absolute atomic E-state index is 0.526. The third-order valence-electron chi connectivity index (χ3n) is 5.48. The number of pyridine rings is 1. The number of hydrogen-bond donors (Lipinski definition) is 0. The van der Waals surface area contributed by atoms with Crippen molar-refractivity contribution in [3.8, 4) is 11.4 Å². The first-order chi connectivity index (χ1) is 12.7. The Hall–Kier alpha value is -1.83. The van der Waals surface area contributed by atoms with Crippen LogP contribution in [-0.2, 0) is 20.1 Å². The Kier molecular flexibility index (Phi) is 4.03. The van der Waals surface area contributed by atoms with E-state index < -0.39 is 0 Å². The van der Waals surface area contributed by atoms with Crippen LogP contribution in [-0.4, -0.2) is 30.8 Å². The van der Waals surface area contributed by atoms with Gasteiger partial charge in [0, 0.05) is 42.5 Å². The smallest absolute Gasteiger partial charge is 0.199 e. The highest BCUT2D eigenvalue weighted by Gasteiger charge is 2.40. The van der Waals surface area contributed by atoms with Crippen LogP contribution in [0.25, 0.3) is 11.4 Å². The van der Waals surface area contributed by atoms with Crippen LogP contribution >= 0.6 is 23.6 Å². The average Bonchev–Trinajstić information content (AvgIpc) is 3.33. The summed E-state index contributed by atoms with van der Waals surface area (Å²) < 4.78 is 4.75. The molecule has 0 N–H and O–H groups in total. The zero-order valence-corrected chi connectivity index (χ0v) is 16.3. The predicted molar refractivity (Wildman–Crippen MR) is 105 cm³/mol. The van der Waals surface area contributed by atoms with Gasteiger partial charge in [-0.2, -0.15) is 5.10 Å². The summed E-state index contributed by atoms with van der Waals surface area (Å²) in [4.78, 5) is 8.24. The van der Waals surface area contributed by atoms with Gasteiger partial charge in [-0.1, -0.05) is 0 Å². The molecule has 1 aliphatic heterocycles. The molecule has 26 heavy (non-hydrogen) atoms. The van der Waals surface area contributed by atoms with E-state index in [4.69, 9.17) is 17.3 Å². The molecule has 3 aromatic rings. The van der Waals surface area contributed by atoms with Gasteiger partial charge in [0.05, 0.1) is 6.67 Å². The fourth-order valence-corrected chi connectivity index (χ4v) is 5.12. The number of fused-ring (bicyclic) bond motifs is 1. The molecule has 0 bridgehead atoms. The van der Waals surface area contributed by atoms with E-state index in [2.05, 4.69) is 21.3 Å². The van der Waals surface area contributed by atoms with Crippen molar-refractivity contribution in [2.45, 2.75) is 32.0 Å². The minimum atomic E-state index is 0.526. The number of aromatic nitrogens is 4. The van der Waals surface area contributed by atoms with Crippen molar-refractivity contribution in [2.24, 2.45) is 13.0 Å². The van der Waals surface area contributed by atoms with Crippen LogP contribution in [0, 0.1) is 10.7 Å². The maximum atomic E-state index is 5.69. The normalized spacial score (nSPS) is 20.3. The van der Waals surface area contributed by atoms with Gasteiger partial charge in [-0.15, -0.1) is 11.3 Å². The van der Waals surface area contributed by atoms with Gasteiger partial charge in [0.15, 0.2) is 10.6 Å². The second-order valence-corrected chi connectivity index (χ2v) is 8.55. The molecule has 3 aromatic heterocycles. The Morgan fingerprint density at radius 2 is 2.04 bits per heavy atom. The van der Waals surface area contributed by atoms with Crippen LogP contribution in [0.3, 0.4) is 0 Å². The monoisotopic (exact) mass is 383 g/mol. The number of thiophene rings is 1. The van der Waals surface area contributed by atoms with Gasteiger partial charge in [-0.3, -0.25) is 9.88 Å². The summed E-state index contributed by atoms with van der Waals surface area (Å²) in [7, 11) is 1.99. The summed E-state index contributed by atoms with van der Waals surface area (Å²) in [6, 6.07) is 6.81. The van der Waals surface area contributed by atoms with E-state index >= 15 is 0 Å². The highest BCUT2D eigenvalue weighted by Crippen LogP contribution is 2.48. The summed E-state index contributed by atoms with van der Waals surface area (Å²) in [5, 5.41) is 7.09. The summed E-state index contributed by atoms with van der Waals surface area (Å²) in [5.41, 5.74) is 2.59. The fraction of sp³-hybridized carbons (Fsp3) is 0.421. The minimum Gasteiger partial charge on any atom is -0.303 e. The van der Waals surface area contributed by atoms with Gasteiger partial charge >= 0.3 is 0 Å². The zero-order valence-electron chi connectivity index (χ0n) is 14.7. The summed E-state index contributed by atoms with van der Waals surface area (Å²) >= 11 is 7.60. The zero-order chi connectivity index (χ0) is 17.7. The van der Waals surface area contributed by atoms with Crippen molar-refractivity contribution in [2.75, 3.05) is 6.54 Å². The molecule has 0 amide bonds. The van der Waals surface area contributed by atoms with Gasteiger partial charge < -0.3 is 4.57 Å². The highest BCUT2D eigenvalue weighted by atomic mass is 32.1. The topological polar surface area (TPSA) is 38.9 Å². The lowest BCUT2D eigenvalue weighted by molar-refractivity contribution is 0.117. The molecule has 0 spiro atoms. The molecule has 2 aliphatic rings. The van der Waals surface area contributed by atoms with Crippen molar-refractivity contribution >= 4 is 23.6 Å². The molecule has 1 fully saturated rings. The Morgan fingerprint density at radius 1 is 1.23 bits per heavy atom. The second kappa shape index (κ2) is 6.40. The van der Waals surface area contributed by atoms with E-state index in [0.717, 1.165) is 41.7 Å². The van der Waals surface area contributed by atoms with E-state index in [-0.39, 0.29) is 0 Å². The fourth-order valence-electron chi connectivity index (χ4n) is 4.03. The lowest BCUT2D eigenvalue weighted by Crippen LogP contribution is -2.37. The van der Waals surface area contributed by atoms with Crippen LogP contribution in [0.2, 0.25) is 0 Å². The molecule has 0 radical (unpaired) electrons. The largest absolute Gasteiger partial charge is 0.303 e. The first-order valence-corrected chi connectivity index (χ1v) is 10.4. The molecule has 0 aromatic carbocycles. The summed E-state index contributed by atoms with van der Waals surface area (Å²) in [6.07, 6.45) is 7.40. The molecular formula is C19H21N5S2. The molecule has 1 atom stereocenters. The molecule has 1 aliphatic carbocycles. The SMILES string of the molecule is Cn1c(-c2ccncc2)nn(CN2CCc3sccc3[C@H]2C2CC2)c1=S. The third kappa shape index (κ3) is 2.74. The Labute approximate surface area is 161 Å². The maximum absolute atomic E-state index is 5.69. The lowest BCUT2D eigenvalue weighted by atomic mass is 9.96. The van der Waals surface area contributed by atoms with Crippen molar-refractivity contribution in [3.05, 3.63) is 51.2 Å². The van der Waals surface area contributed by atoms with Crippen LogP contribution in [0.15, 0.2) is 36.0 Å². The number of hydrogen-bond acceptors (Lipinski definition) is 5. The lowest BCUT2D eigenvalue weighted by Gasteiger charge is -2.35. The first-order valence-electron chi connectivity index (χ1n) is 9.07. The molecule has 134 valence electrons. The van der Waals surface area contributed by atoms with Crippen molar-refractivity contribution in [3.63, 3.8) is 0 Å². The molecule has 0 saturated heterocycles. The van der Waals surface area contributed by atoms with Crippen LogP contribution in [0.5, 0.6) is 0 Å². The van der Waals surface area contributed by atoms with Gasteiger partial charge in [0.25, 0.3) is 0 Å². The Bertz CT molecular complexity index is 983. The number of nitrogens with zero attached hydrogens (tertiary/aromatic N) is 5. The standard InChI is InChI=1S/C19H21N5S2/c1-22-18(14-4-8-20-9-5-14)21-24(19(22)25)12-23-10-6-16-15(7-11-26-16)17(23)13-2-3-13/h4-5,7-9,11,13,17H,2-3,6,10,12H2,1H3/t17-/m1/s1. The third-order valence-corrected chi connectivity index (χ3v) is 6.96. The number of rotatable bonds is 4. The van der Waals surface area contributed by atoms with Crippen LogP contribution in [0.1, 0.15) is 29.3 Å². The molecular weight excluding hydrogens is 362 g/mol.